The molecule has 1 aromatic rings. The first-order valence-electron chi connectivity index (χ1n) is 6.82. The van der Waals surface area contributed by atoms with Crippen LogP contribution >= 0.6 is 0 Å². The average molecular weight is 232 g/mol. The van der Waals surface area contributed by atoms with Crippen molar-refractivity contribution in [3.63, 3.8) is 0 Å². The van der Waals surface area contributed by atoms with Gasteiger partial charge in [0.05, 0.1) is 0 Å². The summed E-state index contributed by atoms with van der Waals surface area (Å²) in [4.78, 5) is 2.45. The van der Waals surface area contributed by atoms with Crippen molar-refractivity contribution in [3.05, 3.63) is 29.8 Å². The predicted octanol–water partition coefficient (Wildman–Crippen LogP) is 2.82. The fourth-order valence-electron chi connectivity index (χ4n) is 2.21. The number of benzene rings is 1. The van der Waals surface area contributed by atoms with Gasteiger partial charge in [0.2, 0.25) is 0 Å². The highest BCUT2D eigenvalue weighted by molar-refractivity contribution is 5.52. The summed E-state index contributed by atoms with van der Waals surface area (Å²) in [5, 5.41) is 3.56. The smallest absolute Gasteiger partial charge is 0.0396 e. The summed E-state index contributed by atoms with van der Waals surface area (Å²) >= 11 is 0. The van der Waals surface area contributed by atoms with E-state index in [0.29, 0.717) is 0 Å². The molecule has 2 heteroatoms. The van der Waals surface area contributed by atoms with E-state index in [4.69, 9.17) is 0 Å². The summed E-state index contributed by atoms with van der Waals surface area (Å²) in [7, 11) is 0. The SMILES string of the molecule is CCN(CCNCC1CC1)c1ccccc1C. The first-order valence-corrected chi connectivity index (χ1v) is 6.82. The van der Waals surface area contributed by atoms with Gasteiger partial charge in [-0.3, -0.25) is 0 Å². The van der Waals surface area contributed by atoms with Crippen molar-refractivity contribution < 1.29 is 0 Å². The van der Waals surface area contributed by atoms with Crippen LogP contribution in [-0.4, -0.2) is 26.2 Å². The van der Waals surface area contributed by atoms with E-state index in [1.807, 2.05) is 0 Å². The minimum Gasteiger partial charge on any atom is -0.370 e. The first-order chi connectivity index (χ1) is 8.31. The summed E-state index contributed by atoms with van der Waals surface area (Å²) in [5.74, 6) is 0.975. The van der Waals surface area contributed by atoms with Gasteiger partial charge in [0.25, 0.3) is 0 Å². The van der Waals surface area contributed by atoms with Gasteiger partial charge in [-0.2, -0.15) is 0 Å². The second kappa shape index (κ2) is 6.06. The highest BCUT2D eigenvalue weighted by Crippen LogP contribution is 2.27. The molecule has 0 radical (unpaired) electrons. The number of aryl methyl sites for hydroxylation is 1. The monoisotopic (exact) mass is 232 g/mol. The van der Waals surface area contributed by atoms with E-state index in [9.17, 15) is 0 Å². The minimum atomic E-state index is 0.975. The molecule has 1 N–H and O–H groups in total. The van der Waals surface area contributed by atoms with Gasteiger partial charge >= 0.3 is 0 Å². The van der Waals surface area contributed by atoms with Crippen LogP contribution in [-0.2, 0) is 0 Å². The standard InChI is InChI=1S/C15H24N2/c1-3-17(11-10-16-12-14-8-9-14)15-7-5-4-6-13(15)2/h4-7,14,16H,3,8-12H2,1-2H3. The first kappa shape index (κ1) is 12.4. The van der Waals surface area contributed by atoms with Crippen LogP contribution < -0.4 is 10.2 Å². The molecule has 0 aliphatic heterocycles. The number of nitrogens with zero attached hydrogens (tertiary/aromatic N) is 1. The van der Waals surface area contributed by atoms with E-state index in [1.165, 1.54) is 30.6 Å². The van der Waals surface area contributed by atoms with Crippen LogP contribution in [0.1, 0.15) is 25.3 Å². The van der Waals surface area contributed by atoms with Crippen molar-refractivity contribution >= 4 is 5.69 Å². The van der Waals surface area contributed by atoms with Gasteiger partial charge in [-0.1, -0.05) is 18.2 Å². The molecule has 0 atom stereocenters. The van der Waals surface area contributed by atoms with Crippen molar-refractivity contribution in [2.75, 3.05) is 31.1 Å². The Labute approximate surface area is 105 Å². The number of rotatable bonds is 7. The number of anilines is 1. The second-order valence-corrected chi connectivity index (χ2v) is 5.01. The van der Waals surface area contributed by atoms with Gasteiger partial charge in [-0.25, -0.2) is 0 Å². The molecule has 0 spiro atoms. The third-order valence-electron chi connectivity index (χ3n) is 3.53. The molecule has 1 aromatic carbocycles. The third kappa shape index (κ3) is 3.74. The lowest BCUT2D eigenvalue weighted by molar-refractivity contribution is 0.626. The molecule has 0 unspecified atom stereocenters. The van der Waals surface area contributed by atoms with Gasteiger partial charge in [0.15, 0.2) is 0 Å². The molecular formula is C15H24N2. The number of hydrogen-bond acceptors (Lipinski definition) is 2. The van der Waals surface area contributed by atoms with Crippen molar-refractivity contribution in [1.82, 2.24) is 5.32 Å². The average Bonchev–Trinajstić information content (AvgIpc) is 3.15. The summed E-state index contributed by atoms with van der Waals surface area (Å²) in [6.07, 6.45) is 2.87. The number of likely N-dealkylation sites (N-methyl/N-ethyl adjacent to an activating group) is 1. The maximum absolute atomic E-state index is 3.56. The number of nitrogens with one attached hydrogen (secondary N) is 1. The molecule has 0 amide bonds. The zero-order valence-electron chi connectivity index (χ0n) is 11.1. The highest BCUT2D eigenvalue weighted by Gasteiger charge is 2.20. The van der Waals surface area contributed by atoms with Crippen LogP contribution in [0.4, 0.5) is 5.69 Å². The number of hydrogen-bond donors (Lipinski definition) is 1. The Balaban J connectivity index is 1.80. The third-order valence-corrected chi connectivity index (χ3v) is 3.53. The Bertz CT molecular complexity index is 345. The minimum absolute atomic E-state index is 0.975. The van der Waals surface area contributed by atoms with Gasteiger partial charge in [0.1, 0.15) is 0 Å². The molecule has 0 heterocycles. The fourth-order valence-corrected chi connectivity index (χ4v) is 2.21. The second-order valence-electron chi connectivity index (χ2n) is 5.01. The Morgan fingerprint density at radius 3 is 2.71 bits per heavy atom. The van der Waals surface area contributed by atoms with Crippen LogP contribution in [0.3, 0.4) is 0 Å². The van der Waals surface area contributed by atoms with Gasteiger partial charge in [-0.15, -0.1) is 0 Å². The molecule has 1 saturated carbocycles. The Morgan fingerprint density at radius 2 is 2.06 bits per heavy atom. The van der Waals surface area contributed by atoms with Crippen LogP contribution in [0.25, 0.3) is 0 Å². The molecule has 0 saturated heterocycles. The van der Waals surface area contributed by atoms with E-state index in [2.05, 4.69) is 48.3 Å². The highest BCUT2D eigenvalue weighted by atomic mass is 15.1. The summed E-state index contributed by atoms with van der Waals surface area (Å²) < 4.78 is 0. The van der Waals surface area contributed by atoms with E-state index in [1.54, 1.807) is 0 Å². The largest absolute Gasteiger partial charge is 0.370 e. The van der Waals surface area contributed by atoms with Crippen molar-refractivity contribution in [3.8, 4) is 0 Å². The topological polar surface area (TPSA) is 15.3 Å². The van der Waals surface area contributed by atoms with Crippen LogP contribution in [0.15, 0.2) is 24.3 Å². The zero-order chi connectivity index (χ0) is 12.1. The lowest BCUT2D eigenvalue weighted by Gasteiger charge is -2.25. The van der Waals surface area contributed by atoms with Crippen LogP contribution in [0, 0.1) is 12.8 Å². The van der Waals surface area contributed by atoms with E-state index in [-0.39, 0.29) is 0 Å². The van der Waals surface area contributed by atoms with Gasteiger partial charge in [-0.05, 0) is 50.8 Å². The summed E-state index contributed by atoms with van der Waals surface area (Å²) in [5.41, 5.74) is 2.75. The molecule has 0 aromatic heterocycles. The maximum atomic E-state index is 3.56. The molecule has 1 aliphatic rings. The molecule has 2 rings (SSSR count). The Kier molecular flexibility index (Phi) is 4.43. The van der Waals surface area contributed by atoms with Gasteiger partial charge in [0, 0.05) is 25.3 Å². The lowest BCUT2D eigenvalue weighted by atomic mass is 10.2. The van der Waals surface area contributed by atoms with E-state index < -0.39 is 0 Å². The van der Waals surface area contributed by atoms with Crippen molar-refractivity contribution in [2.45, 2.75) is 26.7 Å². The Morgan fingerprint density at radius 1 is 1.29 bits per heavy atom. The van der Waals surface area contributed by atoms with Crippen LogP contribution in [0.2, 0.25) is 0 Å². The Hall–Kier alpha value is -1.02. The molecule has 1 aliphatic carbocycles. The van der Waals surface area contributed by atoms with Gasteiger partial charge < -0.3 is 10.2 Å². The molecular weight excluding hydrogens is 208 g/mol. The summed E-state index contributed by atoms with van der Waals surface area (Å²) in [6.45, 7) is 8.91. The quantitative estimate of drug-likeness (QED) is 0.727. The summed E-state index contributed by atoms with van der Waals surface area (Å²) in [6, 6.07) is 8.65. The molecule has 17 heavy (non-hydrogen) atoms. The van der Waals surface area contributed by atoms with Crippen molar-refractivity contribution in [2.24, 2.45) is 5.92 Å². The van der Waals surface area contributed by atoms with E-state index in [0.717, 1.165) is 25.6 Å². The molecule has 2 nitrogen and oxygen atoms in total. The number of para-hydroxylation sites is 1. The maximum Gasteiger partial charge on any atom is 0.0396 e. The van der Waals surface area contributed by atoms with Crippen LogP contribution in [0.5, 0.6) is 0 Å². The van der Waals surface area contributed by atoms with E-state index >= 15 is 0 Å². The predicted molar refractivity (Wildman–Crippen MR) is 74.7 cm³/mol. The molecule has 0 bridgehead atoms. The normalized spacial score (nSPS) is 14.9. The fraction of sp³-hybridized carbons (Fsp3) is 0.600. The zero-order valence-corrected chi connectivity index (χ0v) is 11.1. The molecule has 94 valence electrons. The molecule has 1 fully saturated rings. The lowest BCUT2D eigenvalue weighted by Crippen LogP contribution is -2.33. The van der Waals surface area contributed by atoms with Crippen molar-refractivity contribution in [1.29, 1.82) is 0 Å².